The average Bonchev–Trinajstić information content (AvgIpc) is 3.28. The minimum Gasteiger partial charge on any atom is -0.466 e. The molecule has 5 atom stereocenters. The van der Waals surface area contributed by atoms with Gasteiger partial charge in [0.05, 0.1) is 19.8 Å². The van der Waals surface area contributed by atoms with Gasteiger partial charge in [-0.1, -0.05) is 119 Å². The van der Waals surface area contributed by atoms with Crippen LogP contribution in [-0.4, -0.2) is 100 Å². The van der Waals surface area contributed by atoms with Crippen molar-refractivity contribution in [2.75, 3.05) is 59.8 Å². The molecule has 66 heavy (non-hydrogen) atoms. The van der Waals surface area contributed by atoms with E-state index in [4.69, 9.17) is 28.4 Å². The molecular formula is C55H103NO10. The van der Waals surface area contributed by atoms with Crippen molar-refractivity contribution in [1.29, 1.82) is 0 Å². The fourth-order valence-electron chi connectivity index (χ4n) is 11.1. The number of nitrogens with zero attached hydrogens (tertiary/aromatic N) is 1. The Balaban J connectivity index is 1.95. The van der Waals surface area contributed by atoms with Crippen LogP contribution in [0.3, 0.4) is 0 Å². The molecule has 11 nitrogen and oxygen atoms in total. The van der Waals surface area contributed by atoms with Crippen LogP contribution in [-0.2, 0) is 42.8 Å². The number of carbonyl (C=O) groups is 3. The second kappa shape index (κ2) is 36.2. The Hall–Kier alpha value is -1.79. The third-order valence-corrected chi connectivity index (χ3v) is 14.5. The smallest absolute Gasteiger partial charge is 0.305 e. The summed E-state index contributed by atoms with van der Waals surface area (Å²) in [6.07, 6.45) is 28.1. The number of esters is 3. The molecule has 2 fully saturated rings. The Labute approximate surface area is 404 Å². The van der Waals surface area contributed by atoms with Crippen LogP contribution in [0.4, 0.5) is 0 Å². The van der Waals surface area contributed by atoms with Crippen LogP contribution in [0.1, 0.15) is 241 Å². The molecule has 0 heterocycles. The Kier molecular flexibility index (Phi) is 33.1. The quantitative estimate of drug-likeness (QED) is 0.0271. The molecule has 0 aliphatic heterocycles. The molecule has 2 aliphatic rings. The van der Waals surface area contributed by atoms with E-state index in [1.54, 1.807) is 0 Å². The first kappa shape index (κ1) is 60.3. The van der Waals surface area contributed by atoms with Crippen LogP contribution in [0.15, 0.2) is 0 Å². The molecule has 0 saturated heterocycles. The predicted octanol–water partition coefficient (Wildman–Crippen LogP) is 13.1. The van der Waals surface area contributed by atoms with Gasteiger partial charge in [0.25, 0.3) is 0 Å². The highest BCUT2D eigenvalue weighted by Crippen LogP contribution is 2.64. The second-order valence-corrected chi connectivity index (χ2v) is 21.4. The number of unbranched alkanes of at least 4 members (excludes halogenated alkanes) is 12. The van der Waals surface area contributed by atoms with Crippen molar-refractivity contribution < 1.29 is 47.9 Å². The van der Waals surface area contributed by atoms with Crippen molar-refractivity contribution >= 4 is 17.9 Å². The maximum absolute atomic E-state index is 13.3. The Morgan fingerprint density at radius 1 is 0.530 bits per heavy atom. The van der Waals surface area contributed by atoms with E-state index in [2.05, 4.69) is 53.5 Å². The number of ether oxygens (including phenoxy) is 6. The van der Waals surface area contributed by atoms with Crippen molar-refractivity contribution in [3.63, 3.8) is 0 Å². The van der Waals surface area contributed by atoms with Gasteiger partial charge in [0.2, 0.25) is 0 Å². The van der Waals surface area contributed by atoms with Gasteiger partial charge in [0.1, 0.15) is 0 Å². The summed E-state index contributed by atoms with van der Waals surface area (Å²) >= 11 is 0. The van der Waals surface area contributed by atoms with E-state index in [1.807, 2.05) is 0 Å². The highest BCUT2D eigenvalue weighted by molar-refractivity contribution is 5.70. The van der Waals surface area contributed by atoms with Gasteiger partial charge in [-0.3, -0.25) is 14.4 Å². The van der Waals surface area contributed by atoms with Crippen LogP contribution in [0.2, 0.25) is 0 Å². The zero-order chi connectivity index (χ0) is 48.4. The lowest BCUT2D eigenvalue weighted by Gasteiger charge is -2.58. The monoisotopic (exact) mass is 938 g/mol. The molecule has 1 N–H and O–H groups in total. The fourth-order valence-corrected chi connectivity index (χ4v) is 11.1. The molecule has 0 radical (unpaired) electrons. The van der Waals surface area contributed by atoms with Gasteiger partial charge in [-0.05, 0) is 126 Å². The first-order chi connectivity index (χ1) is 31.8. The van der Waals surface area contributed by atoms with E-state index in [1.165, 1.54) is 70.6 Å². The molecule has 5 unspecified atom stereocenters. The molecule has 0 aromatic carbocycles. The summed E-state index contributed by atoms with van der Waals surface area (Å²) in [5.41, 5.74) is -0.203. The minimum absolute atomic E-state index is 0.0456. The van der Waals surface area contributed by atoms with E-state index in [-0.39, 0.29) is 47.0 Å². The summed E-state index contributed by atoms with van der Waals surface area (Å²) in [5, 5.41) is 10.3. The Morgan fingerprint density at radius 3 is 1.42 bits per heavy atom. The molecule has 2 aliphatic carbocycles. The summed E-state index contributed by atoms with van der Waals surface area (Å²) in [4.78, 5) is 41.6. The third kappa shape index (κ3) is 28.6. The molecule has 0 aromatic rings. The van der Waals surface area contributed by atoms with E-state index in [0.717, 1.165) is 96.6 Å². The zero-order valence-corrected chi connectivity index (χ0v) is 43.9. The number of fused-ring (bicyclic) bond motifs is 2. The summed E-state index contributed by atoms with van der Waals surface area (Å²) < 4.78 is 35.1. The van der Waals surface area contributed by atoms with Crippen molar-refractivity contribution in [1.82, 2.24) is 4.90 Å². The van der Waals surface area contributed by atoms with E-state index in [0.29, 0.717) is 83.9 Å². The molecule has 2 saturated carbocycles. The Morgan fingerprint density at radius 2 is 0.955 bits per heavy atom. The lowest BCUT2D eigenvalue weighted by molar-refractivity contribution is -0.154. The highest BCUT2D eigenvalue weighted by atomic mass is 16.7. The number of aliphatic hydroxyl groups excluding tert-OH is 1. The average molecular weight is 938 g/mol. The van der Waals surface area contributed by atoms with E-state index >= 15 is 0 Å². The summed E-state index contributed by atoms with van der Waals surface area (Å²) in [6, 6.07) is 0. The number of rotatable bonds is 43. The van der Waals surface area contributed by atoms with Crippen LogP contribution >= 0.6 is 0 Å². The first-order valence-electron chi connectivity index (χ1n) is 27.5. The van der Waals surface area contributed by atoms with Crippen LogP contribution in [0.5, 0.6) is 0 Å². The second-order valence-electron chi connectivity index (χ2n) is 21.4. The number of hydrogen-bond acceptors (Lipinski definition) is 11. The summed E-state index contributed by atoms with van der Waals surface area (Å²) in [6.45, 7) is 18.4. The maximum atomic E-state index is 13.3. The van der Waals surface area contributed by atoms with Crippen molar-refractivity contribution in [2.45, 2.75) is 253 Å². The minimum atomic E-state index is -0.834. The summed E-state index contributed by atoms with van der Waals surface area (Å²) in [5.74, 6) is -0.0362. The standard InChI is InChI=1S/C55H103NO10/c1-8-12-15-18-21-36-61-48(57)27-24-39-62-51(60)31-34-55-44-47(43-54(6,46-55)33-30-50(59)64-41-26-35-56(7)11-4)42-53(5,45-55)32-29-49(58)63-40-25-28-52(65-37-22-19-16-13-9-2)66-38-23-20-17-14-10-3/h47-48,52,57H,8-46H2,1-7H3. The molecule has 2 rings (SSSR count). The van der Waals surface area contributed by atoms with Gasteiger partial charge in [0, 0.05) is 58.5 Å². The molecule has 388 valence electrons. The predicted molar refractivity (Wildman–Crippen MR) is 266 cm³/mol. The van der Waals surface area contributed by atoms with Gasteiger partial charge in [0.15, 0.2) is 12.6 Å². The fraction of sp³-hybridized carbons (Fsp3) is 0.945. The lowest BCUT2D eigenvalue weighted by Crippen LogP contribution is -2.48. The van der Waals surface area contributed by atoms with Crippen molar-refractivity contribution in [2.24, 2.45) is 22.2 Å². The van der Waals surface area contributed by atoms with Crippen molar-refractivity contribution in [3.8, 4) is 0 Å². The summed E-state index contributed by atoms with van der Waals surface area (Å²) in [7, 11) is 2.08. The zero-order valence-electron chi connectivity index (χ0n) is 43.9. The van der Waals surface area contributed by atoms with Gasteiger partial charge in [-0.2, -0.15) is 0 Å². The lowest BCUT2D eigenvalue weighted by atomic mass is 9.47. The molecule has 2 bridgehead atoms. The van der Waals surface area contributed by atoms with Gasteiger partial charge >= 0.3 is 17.9 Å². The SMILES string of the molecule is CCCCCCCOC(O)CCCOC(=O)CCC12CC(CC(C)(CCC(=O)OCCCC(OCCCCCCC)OCCCCCCC)C1)CC(C)(CCC(=O)OCCCN(C)CC)C2. The number of aliphatic hydroxyl groups is 1. The van der Waals surface area contributed by atoms with E-state index in [9.17, 15) is 19.5 Å². The molecule has 0 amide bonds. The molecule has 0 aromatic heterocycles. The van der Waals surface area contributed by atoms with Gasteiger partial charge < -0.3 is 38.4 Å². The highest BCUT2D eigenvalue weighted by Gasteiger charge is 2.53. The number of hydrogen-bond donors (Lipinski definition) is 1. The number of carbonyl (C=O) groups excluding carboxylic acids is 3. The first-order valence-corrected chi connectivity index (χ1v) is 27.5. The van der Waals surface area contributed by atoms with Crippen LogP contribution in [0.25, 0.3) is 0 Å². The molecule has 11 heteroatoms. The van der Waals surface area contributed by atoms with Crippen molar-refractivity contribution in [3.05, 3.63) is 0 Å². The normalized spacial score (nSPS) is 22.2. The molecular weight excluding hydrogens is 835 g/mol. The topological polar surface area (TPSA) is 130 Å². The van der Waals surface area contributed by atoms with Crippen LogP contribution in [0, 0.1) is 22.2 Å². The Bertz CT molecular complexity index is 1240. The van der Waals surface area contributed by atoms with Gasteiger partial charge in [-0.15, -0.1) is 0 Å². The maximum Gasteiger partial charge on any atom is 0.305 e. The van der Waals surface area contributed by atoms with Crippen LogP contribution < -0.4 is 0 Å². The van der Waals surface area contributed by atoms with Gasteiger partial charge in [-0.25, -0.2) is 0 Å². The third-order valence-electron chi connectivity index (χ3n) is 14.5. The largest absolute Gasteiger partial charge is 0.466 e. The van der Waals surface area contributed by atoms with E-state index < -0.39 is 6.29 Å². The molecule has 0 spiro atoms.